The highest BCUT2D eigenvalue weighted by Crippen LogP contribution is 2.41. The van der Waals surface area contributed by atoms with Crippen LogP contribution in [0.5, 0.6) is 0 Å². The van der Waals surface area contributed by atoms with Crippen molar-refractivity contribution in [3.63, 3.8) is 0 Å². The number of nitrogens with one attached hydrogen (secondary N) is 1. The fourth-order valence-corrected chi connectivity index (χ4v) is 4.89. The number of carbonyl (C=O) groups is 2. The first kappa shape index (κ1) is 25.3. The van der Waals surface area contributed by atoms with E-state index in [2.05, 4.69) is 10.4 Å². The number of amides is 1. The molecule has 1 atom stereocenters. The molecule has 0 aliphatic rings. The third-order valence-electron chi connectivity index (χ3n) is 4.90. The zero-order valence-corrected chi connectivity index (χ0v) is 21.4. The number of aromatic nitrogens is 2. The Hall–Kier alpha value is -2.35. The molecule has 6 nitrogen and oxygen atoms in total. The van der Waals surface area contributed by atoms with Gasteiger partial charge < -0.3 is 10.1 Å². The van der Waals surface area contributed by atoms with Crippen LogP contribution < -0.4 is 5.32 Å². The van der Waals surface area contributed by atoms with Gasteiger partial charge in [0.05, 0.1) is 21.9 Å². The highest BCUT2D eigenvalue weighted by atomic mass is 35.5. The molecule has 2 heterocycles. The Morgan fingerprint density at radius 1 is 1.21 bits per heavy atom. The highest BCUT2D eigenvalue weighted by molar-refractivity contribution is 7.20. The maximum atomic E-state index is 13.2. The molecule has 3 rings (SSSR count). The molecule has 176 valence electrons. The summed E-state index contributed by atoms with van der Waals surface area (Å²) in [5, 5.41) is 8.20. The number of aryl methyl sites for hydroxylation is 1. The number of hydrogen-bond donors (Lipinski definition) is 1. The van der Waals surface area contributed by atoms with Crippen LogP contribution in [-0.4, -0.2) is 27.3 Å². The molecule has 1 unspecified atom stereocenters. The maximum Gasteiger partial charge on any atom is 0.306 e. The smallest absolute Gasteiger partial charge is 0.306 e. The molecule has 0 saturated carbocycles. The van der Waals surface area contributed by atoms with Crippen LogP contribution in [0.4, 0.5) is 5.00 Å². The van der Waals surface area contributed by atoms with Crippen molar-refractivity contribution < 1.29 is 14.3 Å². The SMILES string of the molecule is Cn1ncc(Cl)c1-c1cc(NC(=O)C(CCC(=O)OC(C)(C)C)Cc2ccccc2)sc1Cl. The van der Waals surface area contributed by atoms with E-state index >= 15 is 0 Å². The van der Waals surface area contributed by atoms with E-state index in [1.807, 2.05) is 51.1 Å². The second kappa shape index (κ2) is 10.7. The Balaban J connectivity index is 1.75. The predicted octanol–water partition coefficient (Wildman–Crippen LogP) is 6.37. The van der Waals surface area contributed by atoms with Gasteiger partial charge in [0.1, 0.15) is 9.94 Å². The average Bonchev–Trinajstić information content (AvgIpc) is 3.24. The number of halogens is 2. The number of nitrogens with zero attached hydrogens (tertiary/aromatic N) is 2. The van der Waals surface area contributed by atoms with Crippen LogP contribution in [0, 0.1) is 5.92 Å². The fourth-order valence-electron chi connectivity index (χ4n) is 3.44. The van der Waals surface area contributed by atoms with E-state index in [0.29, 0.717) is 38.5 Å². The minimum atomic E-state index is -0.564. The van der Waals surface area contributed by atoms with E-state index in [0.717, 1.165) is 5.56 Å². The topological polar surface area (TPSA) is 73.2 Å². The first-order valence-electron chi connectivity index (χ1n) is 10.6. The Kier molecular flexibility index (Phi) is 8.21. The van der Waals surface area contributed by atoms with E-state index in [9.17, 15) is 9.59 Å². The Morgan fingerprint density at radius 3 is 2.52 bits per heavy atom. The maximum absolute atomic E-state index is 13.2. The molecule has 0 bridgehead atoms. The van der Waals surface area contributed by atoms with Crippen LogP contribution in [-0.2, 0) is 27.8 Å². The summed E-state index contributed by atoms with van der Waals surface area (Å²) in [4.78, 5) is 25.5. The molecule has 0 fully saturated rings. The lowest BCUT2D eigenvalue weighted by atomic mass is 9.94. The highest BCUT2D eigenvalue weighted by Gasteiger charge is 2.24. The molecule has 1 N–H and O–H groups in total. The van der Waals surface area contributed by atoms with Gasteiger partial charge in [-0.1, -0.05) is 53.5 Å². The summed E-state index contributed by atoms with van der Waals surface area (Å²) in [6.07, 6.45) is 2.59. The number of anilines is 1. The van der Waals surface area contributed by atoms with Gasteiger partial charge in [0.15, 0.2) is 0 Å². The normalized spacial score (nSPS) is 12.4. The van der Waals surface area contributed by atoms with Crippen molar-refractivity contribution in [3.05, 3.63) is 57.5 Å². The molecule has 0 aliphatic carbocycles. The number of benzene rings is 1. The summed E-state index contributed by atoms with van der Waals surface area (Å²) in [6.45, 7) is 5.48. The third kappa shape index (κ3) is 7.06. The summed E-state index contributed by atoms with van der Waals surface area (Å²) in [5.74, 6) is -0.909. The monoisotopic (exact) mass is 507 g/mol. The fraction of sp³-hybridized carbons (Fsp3) is 0.375. The van der Waals surface area contributed by atoms with E-state index < -0.39 is 11.5 Å². The second-order valence-electron chi connectivity index (χ2n) is 8.76. The summed E-state index contributed by atoms with van der Waals surface area (Å²) >= 11 is 14.0. The average molecular weight is 508 g/mol. The lowest BCUT2D eigenvalue weighted by Gasteiger charge is -2.21. The Bertz CT molecular complexity index is 1100. The van der Waals surface area contributed by atoms with Gasteiger partial charge in [0.25, 0.3) is 0 Å². The van der Waals surface area contributed by atoms with Crippen molar-refractivity contribution in [2.45, 2.75) is 45.6 Å². The van der Waals surface area contributed by atoms with E-state index in [1.54, 1.807) is 24.0 Å². The summed E-state index contributed by atoms with van der Waals surface area (Å²) in [5.41, 5.74) is 1.85. The van der Waals surface area contributed by atoms with E-state index in [4.69, 9.17) is 27.9 Å². The molecule has 0 radical (unpaired) electrons. The van der Waals surface area contributed by atoms with Crippen molar-refractivity contribution >= 4 is 51.4 Å². The van der Waals surface area contributed by atoms with Crippen molar-refractivity contribution in [3.8, 4) is 11.3 Å². The van der Waals surface area contributed by atoms with Gasteiger partial charge in [-0.2, -0.15) is 5.10 Å². The molecule has 33 heavy (non-hydrogen) atoms. The lowest BCUT2D eigenvalue weighted by Crippen LogP contribution is -2.27. The summed E-state index contributed by atoms with van der Waals surface area (Å²) < 4.78 is 7.56. The van der Waals surface area contributed by atoms with Crippen LogP contribution in [0.3, 0.4) is 0 Å². The quantitative estimate of drug-likeness (QED) is 0.359. The standard InChI is InChI=1S/C24H27Cl2N3O3S/c1-24(2,3)32-20(30)11-10-16(12-15-8-6-5-7-9-15)23(31)28-19-13-17(22(26)33-19)21-18(25)14-27-29(21)4/h5-9,13-14,16H,10-12H2,1-4H3,(H,28,31). The zero-order chi connectivity index (χ0) is 24.2. The second-order valence-corrected chi connectivity index (χ2v) is 10.8. The molecular weight excluding hydrogens is 481 g/mol. The number of rotatable bonds is 8. The van der Waals surface area contributed by atoms with E-state index in [-0.39, 0.29) is 18.3 Å². The Morgan fingerprint density at radius 2 is 1.91 bits per heavy atom. The van der Waals surface area contributed by atoms with Crippen LogP contribution >= 0.6 is 34.5 Å². The Labute approximate surface area is 207 Å². The van der Waals surface area contributed by atoms with Gasteiger partial charge in [-0.25, -0.2) is 0 Å². The zero-order valence-electron chi connectivity index (χ0n) is 19.0. The van der Waals surface area contributed by atoms with Crippen molar-refractivity contribution in [1.82, 2.24) is 9.78 Å². The van der Waals surface area contributed by atoms with Gasteiger partial charge in [0.2, 0.25) is 5.91 Å². The number of thiophene rings is 1. The van der Waals surface area contributed by atoms with Crippen LogP contribution in [0.1, 0.15) is 39.2 Å². The molecule has 2 aromatic heterocycles. The number of carbonyl (C=O) groups excluding carboxylic acids is 2. The minimum absolute atomic E-state index is 0.156. The molecule has 0 saturated heterocycles. The van der Waals surface area contributed by atoms with Crippen molar-refractivity contribution in [2.75, 3.05) is 5.32 Å². The van der Waals surface area contributed by atoms with Crippen LogP contribution in [0.25, 0.3) is 11.3 Å². The predicted molar refractivity (Wildman–Crippen MR) is 134 cm³/mol. The molecule has 1 aromatic carbocycles. The van der Waals surface area contributed by atoms with Gasteiger partial charge in [0, 0.05) is 24.9 Å². The number of hydrogen-bond acceptors (Lipinski definition) is 5. The lowest BCUT2D eigenvalue weighted by molar-refractivity contribution is -0.155. The van der Waals surface area contributed by atoms with Gasteiger partial charge in [-0.3, -0.25) is 14.3 Å². The van der Waals surface area contributed by atoms with Crippen molar-refractivity contribution in [2.24, 2.45) is 13.0 Å². The molecule has 0 spiro atoms. The van der Waals surface area contributed by atoms with Crippen molar-refractivity contribution in [1.29, 1.82) is 0 Å². The molecule has 9 heteroatoms. The summed E-state index contributed by atoms with van der Waals surface area (Å²) in [6, 6.07) is 11.5. The van der Waals surface area contributed by atoms with Gasteiger partial charge in [-0.15, -0.1) is 11.3 Å². The van der Waals surface area contributed by atoms with Gasteiger partial charge >= 0.3 is 5.97 Å². The molecule has 1 amide bonds. The first-order valence-corrected chi connectivity index (χ1v) is 12.1. The largest absolute Gasteiger partial charge is 0.460 e. The minimum Gasteiger partial charge on any atom is -0.460 e. The van der Waals surface area contributed by atoms with Crippen LogP contribution in [0.2, 0.25) is 9.36 Å². The number of esters is 1. The molecular formula is C24H27Cl2N3O3S. The first-order chi connectivity index (χ1) is 15.5. The number of ether oxygens (including phenoxy) is 1. The van der Waals surface area contributed by atoms with E-state index in [1.165, 1.54) is 11.3 Å². The molecule has 0 aliphatic heterocycles. The third-order valence-corrected chi connectivity index (χ3v) is 6.45. The van der Waals surface area contributed by atoms with Crippen LogP contribution in [0.15, 0.2) is 42.6 Å². The molecule has 3 aromatic rings. The van der Waals surface area contributed by atoms with Gasteiger partial charge in [-0.05, 0) is 45.2 Å². The summed E-state index contributed by atoms with van der Waals surface area (Å²) in [7, 11) is 1.78.